The van der Waals surface area contributed by atoms with Crippen LogP contribution in [0.3, 0.4) is 0 Å². The van der Waals surface area contributed by atoms with Gasteiger partial charge in [-0.25, -0.2) is 0 Å². The maximum atomic E-state index is 6.85. The Hall–Kier alpha value is -2.18. The van der Waals surface area contributed by atoms with Crippen molar-refractivity contribution < 1.29 is 9.47 Å². The number of thiocarbonyl (C=S) groups is 2. The second-order valence-electron chi connectivity index (χ2n) is 34.5. The maximum absolute atomic E-state index is 6.85. The molecule has 2 aromatic rings. The first-order valence-corrected chi connectivity index (χ1v) is 47.0. The third kappa shape index (κ3) is 52.8. The average Bonchev–Trinajstić information content (AvgIpc) is 0.801. The van der Waals surface area contributed by atoms with Crippen LogP contribution in [0.5, 0.6) is 11.5 Å². The first kappa shape index (κ1) is 94.0. The van der Waals surface area contributed by atoms with Crippen LogP contribution in [-0.4, -0.2) is 22.9 Å². The van der Waals surface area contributed by atoms with E-state index in [0.717, 1.165) is 63.0 Å². The number of aryl methyl sites for hydroxylation is 2. The molecule has 0 aliphatic heterocycles. The minimum absolute atomic E-state index is 0.0147. The van der Waals surface area contributed by atoms with Crippen molar-refractivity contribution in [2.24, 2.45) is 10.8 Å². The molecule has 0 aromatic heterocycles. The van der Waals surface area contributed by atoms with E-state index >= 15 is 0 Å². The summed E-state index contributed by atoms with van der Waals surface area (Å²) in [5, 5.41) is 8.54. The van der Waals surface area contributed by atoms with Crippen molar-refractivity contribution in [3.63, 3.8) is 0 Å². The third-order valence-corrected chi connectivity index (χ3v) is 23.9. The predicted molar refractivity (Wildman–Crippen MR) is 463 cm³/mol. The number of hydrogen-bond acceptors (Lipinski definition) is 4. The van der Waals surface area contributed by atoms with Gasteiger partial charge in [0.1, 0.15) is 11.5 Å². The van der Waals surface area contributed by atoms with Gasteiger partial charge in [0.15, 0.2) is 0 Å². The zero-order valence-corrected chi connectivity index (χ0v) is 71.2. The fourth-order valence-electron chi connectivity index (χ4n) is 17.5. The number of rotatable bonds is 73. The van der Waals surface area contributed by atoms with E-state index in [1.165, 1.54) is 433 Å². The van der Waals surface area contributed by atoms with Crippen molar-refractivity contribution in [2.45, 2.75) is 510 Å². The van der Waals surface area contributed by atoms with Gasteiger partial charge < -0.3 is 20.1 Å². The van der Waals surface area contributed by atoms with Crippen LogP contribution in [0.1, 0.15) is 501 Å². The van der Waals surface area contributed by atoms with Crippen LogP contribution in [0.2, 0.25) is 0 Å². The molecule has 0 heterocycles. The highest BCUT2D eigenvalue weighted by atomic mass is 32.1. The first-order chi connectivity index (χ1) is 50.0. The summed E-state index contributed by atoms with van der Waals surface area (Å²) in [5.41, 5.74) is 5.86. The van der Waals surface area contributed by atoms with E-state index < -0.39 is 0 Å². The fraction of sp³-hybridized carbons (Fsp3) is 0.854. The van der Waals surface area contributed by atoms with Crippen molar-refractivity contribution in [1.82, 2.24) is 10.6 Å². The van der Waals surface area contributed by atoms with Gasteiger partial charge in [0.25, 0.3) is 10.3 Å². The molecule has 3 rings (SSSR count). The van der Waals surface area contributed by atoms with Gasteiger partial charge >= 0.3 is 0 Å². The summed E-state index contributed by atoms with van der Waals surface area (Å²) in [4.78, 5) is 0. The zero-order valence-electron chi connectivity index (χ0n) is 69.6. The van der Waals surface area contributed by atoms with Gasteiger partial charge in [-0.05, 0) is 140 Å². The minimum atomic E-state index is -0.0147. The molecule has 2 N–H and O–H groups in total. The Morgan fingerprint density at radius 1 is 0.314 bits per heavy atom. The van der Waals surface area contributed by atoms with Crippen molar-refractivity contribution in [2.75, 3.05) is 6.54 Å². The summed E-state index contributed by atoms with van der Waals surface area (Å²) < 4.78 is 13.6. The lowest BCUT2D eigenvalue weighted by atomic mass is 9.62. The zero-order chi connectivity index (χ0) is 73.2. The van der Waals surface area contributed by atoms with Crippen LogP contribution in [-0.2, 0) is 25.7 Å². The molecule has 0 bridgehead atoms. The summed E-state index contributed by atoms with van der Waals surface area (Å²) in [6.07, 6.45) is 96.9. The molecule has 2 unspecified atom stereocenters. The molecule has 1 fully saturated rings. The Bertz CT molecular complexity index is 2210. The quantitative estimate of drug-likeness (QED) is 0.0508. The summed E-state index contributed by atoms with van der Waals surface area (Å²) >= 11 is 12.4. The molecular weight excluding hydrogens is 1280 g/mol. The summed E-state index contributed by atoms with van der Waals surface area (Å²) in [6.45, 7) is 17.3. The molecule has 0 radical (unpaired) electrons. The Morgan fingerprint density at radius 2 is 0.549 bits per heavy atom. The van der Waals surface area contributed by atoms with Crippen LogP contribution in [0.4, 0.5) is 0 Å². The Labute approximate surface area is 648 Å². The van der Waals surface area contributed by atoms with Crippen molar-refractivity contribution in [3.8, 4) is 11.5 Å². The van der Waals surface area contributed by atoms with Gasteiger partial charge in [0.2, 0.25) is 0 Å². The number of nitrogens with one attached hydrogen (secondary N) is 2. The molecule has 1 aliphatic rings. The van der Waals surface area contributed by atoms with Gasteiger partial charge in [0.05, 0.1) is 0 Å². The summed E-state index contributed by atoms with van der Waals surface area (Å²) in [7, 11) is 0. The normalized spacial score (nSPS) is 15.1. The van der Waals surface area contributed by atoms with E-state index in [4.69, 9.17) is 33.9 Å². The molecule has 6 heteroatoms. The van der Waals surface area contributed by atoms with E-state index in [-0.39, 0.29) is 16.9 Å². The van der Waals surface area contributed by atoms with E-state index in [1.807, 2.05) is 0 Å². The molecule has 0 saturated heterocycles. The number of hydrogen-bond donors (Lipinski definition) is 2. The lowest BCUT2D eigenvalue weighted by molar-refractivity contribution is 0.0786. The molecule has 0 spiro atoms. The minimum Gasteiger partial charge on any atom is -0.432 e. The molecule has 0 amide bonds. The molecule has 1 aliphatic carbocycles. The van der Waals surface area contributed by atoms with Crippen LogP contribution in [0.15, 0.2) is 36.4 Å². The number of unbranched alkanes of at least 4 members (excludes halogenated alkanes) is 60. The average molecular weight is 1450 g/mol. The van der Waals surface area contributed by atoms with Gasteiger partial charge in [0, 0.05) is 12.6 Å². The van der Waals surface area contributed by atoms with Crippen LogP contribution < -0.4 is 20.1 Å². The number of ether oxygens (including phenoxy) is 2. The predicted octanol–water partition coefficient (Wildman–Crippen LogP) is 32.7. The monoisotopic (exact) mass is 1450 g/mol. The van der Waals surface area contributed by atoms with E-state index in [1.54, 1.807) is 0 Å². The lowest BCUT2D eigenvalue weighted by Crippen LogP contribution is -2.51. The smallest absolute Gasteiger partial charge is 0.262 e. The van der Waals surface area contributed by atoms with Gasteiger partial charge in [-0.3, -0.25) is 0 Å². The van der Waals surface area contributed by atoms with Gasteiger partial charge in [-0.1, -0.05) is 458 Å². The van der Waals surface area contributed by atoms with Crippen LogP contribution in [0.25, 0.3) is 0 Å². The molecule has 1 saturated carbocycles. The summed E-state index contributed by atoms with van der Waals surface area (Å²) in [6, 6.07) is 13.9. The standard InChI is InChI=1S/C96H174N2O2S2/c1-8-12-16-20-24-28-32-36-40-44-48-52-56-60-64-68-74-86-76-72-80-91(89(86)78-70-66-62-58-54-50-46-42-38-34-30-26-22-18-14-10-3)99-93(101)97-85-96(7)83-88(82-95(5,6)84-96)98-94(102)100-92-81-73-77-87(75-69-65-61-57-53-49-45-41-37-33-29-25-21-17-13-9-2)90(92)79-71-67-63-59-55-51-47-43-39-35-31-27-23-19-15-11-4/h72-73,76-77,80-81,88H,8-71,74-75,78-79,82-85H2,1-7H3,(H,97,101)(H,98,102). The lowest BCUT2D eigenvalue weighted by Gasteiger charge is -2.47. The second-order valence-corrected chi connectivity index (χ2v) is 35.3. The topological polar surface area (TPSA) is 42.5 Å². The highest BCUT2D eigenvalue weighted by molar-refractivity contribution is 7.80. The number of benzene rings is 2. The Kier molecular flexibility index (Phi) is 61.7. The molecule has 2 atom stereocenters. The van der Waals surface area contributed by atoms with Crippen LogP contribution in [0, 0.1) is 10.8 Å². The third-order valence-electron chi connectivity index (χ3n) is 23.5. The highest BCUT2D eigenvalue weighted by Gasteiger charge is 2.42. The van der Waals surface area contributed by atoms with E-state index in [9.17, 15) is 0 Å². The second kappa shape index (κ2) is 67.0. The van der Waals surface area contributed by atoms with Crippen LogP contribution >= 0.6 is 24.4 Å². The molecular formula is C96H174N2O2S2. The molecule has 592 valence electrons. The Balaban J connectivity index is 1.56. The summed E-state index contributed by atoms with van der Waals surface area (Å²) in [5.74, 6) is 1.95. The Morgan fingerprint density at radius 3 is 0.814 bits per heavy atom. The molecule has 102 heavy (non-hydrogen) atoms. The maximum Gasteiger partial charge on any atom is 0.262 e. The van der Waals surface area contributed by atoms with Crippen molar-refractivity contribution in [3.05, 3.63) is 58.7 Å². The molecule has 2 aromatic carbocycles. The van der Waals surface area contributed by atoms with Crippen molar-refractivity contribution in [1.29, 1.82) is 0 Å². The van der Waals surface area contributed by atoms with Crippen molar-refractivity contribution >= 4 is 34.8 Å². The molecule has 4 nitrogen and oxygen atoms in total. The van der Waals surface area contributed by atoms with E-state index in [0.29, 0.717) is 10.3 Å². The van der Waals surface area contributed by atoms with E-state index in [2.05, 4.69) is 95.5 Å². The van der Waals surface area contributed by atoms with Gasteiger partial charge in [-0.2, -0.15) is 0 Å². The fourth-order valence-corrected chi connectivity index (χ4v) is 17.9. The first-order valence-electron chi connectivity index (χ1n) is 46.2. The largest absolute Gasteiger partial charge is 0.432 e. The highest BCUT2D eigenvalue weighted by Crippen LogP contribution is 2.46. The van der Waals surface area contributed by atoms with Gasteiger partial charge in [-0.15, -0.1) is 0 Å². The SMILES string of the molecule is CCCCCCCCCCCCCCCCCCc1cccc(OC(=S)NCC2(C)CC(NC(=S)Oc3cccc(CCCCCCCCCCCCCCCCCC)c3CCCCCCCCCCCCCCCCCC)CC(C)(C)C2)c1CCCCCCCCCCCCCCCCCC.